The molecule has 1 heterocycles. The maximum absolute atomic E-state index is 12.0. The summed E-state index contributed by atoms with van der Waals surface area (Å²) >= 11 is 0. The van der Waals surface area contributed by atoms with E-state index in [1.54, 1.807) is 0 Å². The first-order chi connectivity index (χ1) is 9.18. The van der Waals surface area contributed by atoms with Gasteiger partial charge >= 0.3 is 5.97 Å². The van der Waals surface area contributed by atoms with Crippen molar-refractivity contribution in [1.82, 2.24) is 0 Å². The number of fused-ring (bicyclic) bond motifs is 2. The van der Waals surface area contributed by atoms with E-state index in [4.69, 9.17) is 14.2 Å². The second kappa shape index (κ2) is 5.06. The van der Waals surface area contributed by atoms with Gasteiger partial charge in [-0.2, -0.15) is 0 Å². The molecule has 1 aliphatic heterocycles. The summed E-state index contributed by atoms with van der Waals surface area (Å²) in [5.41, 5.74) is 0.000525. The highest BCUT2D eigenvalue weighted by Gasteiger charge is 2.58. The number of ether oxygens (including phenoxy) is 3. The van der Waals surface area contributed by atoms with Crippen molar-refractivity contribution in [3.63, 3.8) is 0 Å². The number of hydrogen-bond donors (Lipinski definition) is 0. The van der Waals surface area contributed by atoms with Gasteiger partial charge in [0.05, 0.1) is 19.1 Å². The van der Waals surface area contributed by atoms with Gasteiger partial charge in [0.2, 0.25) is 0 Å². The third-order valence-electron chi connectivity index (χ3n) is 5.31. The van der Waals surface area contributed by atoms with Crippen LogP contribution in [0.2, 0.25) is 0 Å². The molecule has 2 saturated carbocycles. The number of carbonyl (C=O) groups is 1. The van der Waals surface area contributed by atoms with Crippen molar-refractivity contribution in [1.29, 1.82) is 0 Å². The third-order valence-corrected chi connectivity index (χ3v) is 5.31. The van der Waals surface area contributed by atoms with Crippen LogP contribution in [0.3, 0.4) is 0 Å². The van der Waals surface area contributed by atoms with Crippen LogP contribution < -0.4 is 0 Å². The minimum Gasteiger partial charge on any atom is -0.469 e. The average molecular weight is 268 g/mol. The van der Waals surface area contributed by atoms with Crippen molar-refractivity contribution in [3.05, 3.63) is 0 Å². The second-order valence-corrected chi connectivity index (χ2v) is 6.56. The summed E-state index contributed by atoms with van der Waals surface area (Å²) in [6.45, 7) is 1.57. The van der Waals surface area contributed by atoms with Crippen LogP contribution in [-0.2, 0) is 19.0 Å². The molecule has 0 spiro atoms. The summed E-state index contributed by atoms with van der Waals surface area (Å²) in [6, 6.07) is 0. The molecule has 0 aromatic rings. The maximum Gasteiger partial charge on any atom is 0.311 e. The Kier molecular flexibility index (Phi) is 3.56. The van der Waals surface area contributed by atoms with Gasteiger partial charge in [-0.25, -0.2) is 0 Å². The number of methoxy groups -OCH3 is 1. The largest absolute Gasteiger partial charge is 0.469 e. The maximum atomic E-state index is 12.0. The van der Waals surface area contributed by atoms with Crippen molar-refractivity contribution in [3.8, 4) is 0 Å². The lowest BCUT2D eigenvalue weighted by Crippen LogP contribution is -2.29. The quantitative estimate of drug-likeness (QED) is 0.735. The number of rotatable bonds is 4. The molecular weight excluding hydrogens is 244 g/mol. The van der Waals surface area contributed by atoms with Crippen LogP contribution >= 0.6 is 0 Å². The highest BCUT2D eigenvalue weighted by molar-refractivity contribution is 5.77. The molecule has 3 aliphatic rings. The van der Waals surface area contributed by atoms with E-state index in [0.29, 0.717) is 0 Å². The average Bonchev–Trinajstić information content (AvgIpc) is 3.03. The first-order valence-corrected chi connectivity index (χ1v) is 7.50. The lowest BCUT2D eigenvalue weighted by Gasteiger charge is -2.30. The fourth-order valence-electron chi connectivity index (χ4n) is 4.13. The van der Waals surface area contributed by atoms with Gasteiger partial charge in [0, 0.05) is 6.61 Å². The summed E-state index contributed by atoms with van der Waals surface area (Å²) in [7, 11) is 1.50. The van der Waals surface area contributed by atoms with Crippen molar-refractivity contribution in [2.24, 2.45) is 10.8 Å². The second-order valence-electron chi connectivity index (χ2n) is 6.56. The predicted octanol–water partition coefficient (Wildman–Crippen LogP) is 2.65. The van der Waals surface area contributed by atoms with E-state index in [1.807, 2.05) is 0 Å². The van der Waals surface area contributed by atoms with E-state index in [-0.39, 0.29) is 23.1 Å². The molecular formula is C15H24O4. The first-order valence-electron chi connectivity index (χ1n) is 7.50. The van der Waals surface area contributed by atoms with Crippen LogP contribution in [0.4, 0.5) is 0 Å². The van der Waals surface area contributed by atoms with Crippen molar-refractivity contribution < 1.29 is 19.0 Å². The van der Waals surface area contributed by atoms with Gasteiger partial charge in [0.15, 0.2) is 6.29 Å². The fourth-order valence-corrected chi connectivity index (χ4v) is 4.13. The van der Waals surface area contributed by atoms with Crippen LogP contribution in [0.5, 0.6) is 0 Å². The Bertz CT molecular complexity index is 338. The Morgan fingerprint density at radius 2 is 2.05 bits per heavy atom. The van der Waals surface area contributed by atoms with E-state index in [0.717, 1.165) is 58.2 Å². The molecule has 2 bridgehead atoms. The molecule has 2 aliphatic carbocycles. The van der Waals surface area contributed by atoms with Gasteiger partial charge in [0.1, 0.15) is 0 Å². The molecule has 3 fully saturated rings. The van der Waals surface area contributed by atoms with Gasteiger partial charge in [0.25, 0.3) is 0 Å². The van der Waals surface area contributed by atoms with Crippen LogP contribution in [-0.4, -0.2) is 32.6 Å². The minimum absolute atomic E-state index is 0.0132. The van der Waals surface area contributed by atoms with Crippen LogP contribution in [0.1, 0.15) is 51.4 Å². The SMILES string of the molecule is COC(=O)C12CCC(COC3CCCCO3)(CC1)C2. The minimum atomic E-state index is -0.203. The lowest BCUT2D eigenvalue weighted by molar-refractivity contribution is -0.178. The summed E-state index contributed by atoms with van der Waals surface area (Å²) in [4.78, 5) is 12.0. The van der Waals surface area contributed by atoms with Crippen LogP contribution in [0.15, 0.2) is 0 Å². The van der Waals surface area contributed by atoms with Crippen molar-refractivity contribution >= 4 is 5.97 Å². The highest BCUT2D eigenvalue weighted by Crippen LogP contribution is 2.62. The van der Waals surface area contributed by atoms with Crippen molar-refractivity contribution in [2.45, 2.75) is 57.7 Å². The van der Waals surface area contributed by atoms with Crippen molar-refractivity contribution in [2.75, 3.05) is 20.3 Å². The molecule has 1 saturated heterocycles. The standard InChI is InChI=1S/C15H24O4/c1-17-13(16)15-7-5-14(10-15,6-8-15)11-19-12-4-2-3-9-18-12/h12H,2-11H2,1H3. The normalized spacial score (nSPS) is 41.4. The van der Waals surface area contributed by atoms with Gasteiger partial charge in [-0.3, -0.25) is 4.79 Å². The third kappa shape index (κ3) is 2.40. The Hall–Kier alpha value is -0.610. The molecule has 0 aromatic heterocycles. The zero-order valence-electron chi connectivity index (χ0n) is 11.8. The molecule has 1 atom stereocenters. The van der Waals surface area contributed by atoms with E-state index in [2.05, 4.69) is 0 Å². The van der Waals surface area contributed by atoms with Gasteiger partial charge in [-0.05, 0) is 56.8 Å². The predicted molar refractivity (Wildman–Crippen MR) is 69.5 cm³/mol. The van der Waals surface area contributed by atoms with Gasteiger partial charge < -0.3 is 14.2 Å². The molecule has 4 heteroatoms. The molecule has 0 N–H and O–H groups in total. The first kappa shape index (κ1) is 13.4. The van der Waals surface area contributed by atoms with E-state index in [9.17, 15) is 4.79 Å². The highest BCUT2D eigenvalue weighted by atomic mass is 16.7. The van der Waals surface area contributed by atoms with Gasteiger partial charge in [-0.15, -0.1) is 0 Å². The molecule has 19 heavy (non-hydrogen) atoms. The smallest absolute Gasteiger partial charge is 0.311 e. The number of hydrogen-bond acceptors (Lipinski definition) is 4. The molecule has 0 radical (unpaired) electrons. The zero-order valence-corrected chi connectivity index (χ0v) is 11.8. The molecule has 108 valence electrons. The number of carbonyl (C=O) groups excluding carboxylic acids is 1. The summed E-state index contributed by atoms with van der Waals surface area (Å²) in [5.74, 6) is -0.0132. The van der Waals surface area contributed by atoms with Gasteiger partial charge in [-0.1, -0.05) is 0 Å². The molecule has 1 unspecified atom stereocenters. The Morgan fingerprint density at radius 1 is 1.26 bits per heavy atom. The fraction of sp³-hybridized carbons (Fsp3) is 0.933. The molecule has 0 aromatic carbocycles. The summed E-state index contributed by atoms with van der Waals surface area (Å²) in [5, 5.41) is 0. The molecule has 3 rings (SSSR count). The zero-order chi connectivity index (χ0) is 13.3. The molecule has 4 nitrogen and oxygen atoms in total. The Labute approximate surface area is 114 Å². The topological polar surface area (TPSA) is 44.8 Å². The Balaban J connectivity index is 1.56. The summed E-state index contributed by atoms with van der Waals surface area (Å²) < 4.78 is 16.6. The van der Waals surface area contributed by atoms with E-state index in [1.165, 1.54) is 13.5 Å². The number of esters is 1. The molecule has 0 amide bonds. The summed E-state index contributed by atoms with van der Waals surface area (Å²) in [6.07, 6.45) is 8.40. The monoisotopic (exact) mass is 268 g/mol. The van der Waals surface area contributed by atoms with Crippen LogP contribution in [0.25, 0.3) is 0 Å². The lowest BCUT2D eigenvalue weighted by atomic mass is 9.82. The Morgan fingerprint density at radius 3 is 2.68 bits per heavy atom. The van der Waals surface area contributed by atoms with Crippen LogP contribution in [0, 0.1) is 10.8 Å². The van der Waals surface area contributed by atoms with E-state index >= 15 is 0 Å². The van der Waals surface area contributed by atoms with E-state index < -0.39 is 0 Å².